The van der Waals surface area contributed by atoms with E-state index in [1.165, 1.54) is 17.2 Å². The van der Waals surface area contributed by atoms with Crippen molar-refractivity contribution in [2.75, 3.05) is 13.1 Å². The van der Waals surface area contributed by atoms with Gasteiger partial charge in [0.05, 0.1) is 12.1 Å². The molecule has 0 spiro atoms. The molecule has 5 heteroatoms. The first-order chi connectivity index (χ1) is 14.6. The zero-order valence-corrected chi connectivity index (χ0v) is 16.7. The van der Waals surface area contributed by atoms with Gasteiger partial charge in [-0.25, -0.2) is 4.39 Å². The van der Waals surface area contributed by atoms with E-state index in [4.69, 9.17) is 4.42 Å². The fourth-order valence-corrected chi connectivity index (χ4v) is 3.79. The summed E-state index contributed by atoms with van der Waals surface area (Å²) in [5.41, 5.74) is 6.82. The highest BCUT2D eigenvalue weighted by Gasteiger charge is 2.26. The van der Waals surface area contributed by atoms with Crippen molar-refractivity contribution >= 4 is 5.91 Å². The summed E-state index contributed by atoms with van der Waals surface area (Å²) in [6.07, 6.45) is 1.85. The van der Waals surface area contributed by atoms with Crippen LogP contribution in [0.15, 0.2) is 65.1 Å². The molecule has 30 heavy (non-hydrogen) atoms. The monoisotopic (exact) mass is 403 g/mol. The molecule has 2 aromatic carbocycles. The quantitative estimate of drug-likeness (QED) is 0.680. The molecule has 0 atom stereocenters. The summed E-state index contributed by atoms with van der Waals surface area (Å²) in [6.45, 7) is 2.16. The van der Waals surface area contributed by atoms with Gasteiger partial charge in [0, 0.05) is 18.7 Å². The summed E-state index contributed by atoms with van der Waals surface area (Å²) < 4.78 is 19.3. The Hall–Kier alpha value is -3.36. The predicted molar refractivity (Wildman–Crippen MR) is 112 cm³/mol. The Bertz CT molecular complexity index is 1100. The number of piperidine rings is 1. The van der Waals surface area contributed by atoms with Gasteiger partial charge in [-0.3, -0.25) is 4.79 Å². The van der Waals surface area contributed by atoms with E-state index < -0.39 is 0 Å². The molecule has 1 amide bonds. The van der Waals surface area contributed by atoms with Crippen LogP contribution in [0, 0.1) is 17.7 Å². The Morgan fingerprint density at radius 2 is 1.87 bits per heavy atom. The first-order valence-electron chi connectivity index (χ1n) is 10.2. The Kier molecular flexibility index (Phi) is 5.97. The van der Waals surface area contributed by atoms with Gasteiger partial charge in [0.2, 0.25) is 0 Å². The Morgan fingerprint density at radius 3 is 2.63 bits per heavy atom. The highest BCUT2D eigenvalue weighted by molar-refractivity contribution is 5.91. The minimum Gasteiger partial charge on any atom is -0.443 e. The van der Waals surface area contributed by atoms with Crippen molar-refractivity contribution in [2.45, 2.75) is 25.3 Å². The summed E-state index contributed by atoms with van der Waals surface area (Å²) in [5.74, 6) is 6.10. The number of rotatable bonds is 3. The number of carbonyl (C=O) groups is 1. The number of furan rings is 1. The largest absolute Gasteiger partial charge is 0.443 e. The van der Waals surface area contributed by atoms with Crippen LogP contribution >= 0.6 is 0 Å². The Morgan fingerprint density at radius 1 is 1.07 bits per heavy atom. The second-order valence-corrected chi connectivity index (χ2v) is 7.46. The molecule has 3 aromatic rings. The van der Waals surface area contributed by atoms with E-state index in [0.717, 1.165) is 19.4 Å². The van der Waals surface area contributed by atoms with Crippen molar-refractivity contribution in [3.05, 3.63) is 94.7 Å². The van der Waals surface area contributed by atoms with Crippen molar-refractivity contribution < 1.29 is 19.3 Å². The van der Waals surface area contributed by atoms with E-state index >= 15 is 0 Å². The molecule has 0 unspecified atom stereocenters. The van der Waals surface area contributed by atoms with Crippen LogP contribution in [0.2, 0.25) is 0 Å². The molecule has 1 aromatic heterocycles. The van der Waals surface area contributed by atoms with Crippen LogP contribution in [0.25, 0.3) is 0 Å². The fourth-order valence-electron chi connectivity index (χ4n) is 3.79. The first kappa shape index (κ1) is 19.9. The molecule has 0 saturated carbocycles. The van der Waals surface area contributed by atoms with Gasteiger partial charge < -0.3 is 15.1 Å². The summed E-state index contributed by atoms with van der Waals surface area (Å²) in [5, 5.41) is 0. The average molecular weight is 403 g/mol. The van der Waals surface area contributed by atoms with E-state index in [2.05, 4.69) is 41.8 Å². The molecule has 0 aliphatic carbocycles. The molecule has 3 N–H and O–H groups in total. The molecule has 1 aliphatic rings. The summed E-state index contributed by atoms with van der Waals surface area (Å²) in [7, 11) is 0. The van der Waals surface area contributed by atoms with Gasteiger partial charge >= 0.3 is 0 Å². The van der Waals surface area contributed by atoms with Crippen molar-refractivity contribution in [1.82, 2.24) is 4.90 Å². The van der Waals surface area contributed by atoms with Crippen LogP contribution in [0.4, 0.5) is 4.39 Å². The maximum absolute atomic E-state index is 13.7. The molecule has 1 saturated heterocycles. The number of halogens is 1. The van der Waals surface area contributed by atoms with Crippen molar-refractivity contribution in [2.24, 2.45) is 0 Å². The number of likely N-dealkylation sites (tertiary alicyclic amines) is 1. The highest BCUT2D eigenvalue weighted by Crippen LogP contribution is 2.29. The number of carbonyl (C=O) groups excluding carboxylic acids is 1. The Balaban J connectivity index is 1.39. The van der Waals surface area contributed by atoms with Crippen LogP contribution in [-0.4, -0.2) is 23.9 Å². The van der Waals surface area contributed by atoms with Crippen LogP contribution in [0.3, 0.4) is 0 Å². The molecule has 1 aliphatic heterocycles. The predicted octanol–water partition coefficient (Wildman–Crippen LogP) is 3.58. The first-order valence-corrected chi connectivity index (χ1v) is 10.2. The number of amides is 1. The van der Waals surface area contributed by atoms with E-state index in [1.54, 1.807) is 30.3 Å². The van der Waals surface area contributed by atoms with Gasteiger partial charge in [0.25, 0.3) is 5.91 Å². The smallest absolute Gasteiger partial charge is 0.289 e. The summed E-state index contributed by atoms with van der Waals surface area (Å²) in [6, 6.07) is 18.2. The van der Waals surface area contributed by atoms with Gasteiger partial charge in [-0.05, 0) is 60.6 Å². The third-order valence-electron chi connectivity index (χ3n) is 5.50. The van der Waals surface area contributed by atoms with Gasteiger partial charge in [0.1, 0.15) is 5.82 Å². The minimum atomic E-state index is -0.378. The molecular formula is C25H24FN2O2+. The van der Waals surface area contributed by atoms with Crippen LogP contribution in [0.5, 0.6) is 0 Å². The van der Waals surface area contributed by atoms with E-state index in [9.17, 15) is 9.18 Å². The highest BCUT2D eigenvalue weighted by atomic mass is 19.1. The van der Waals surface area contributed by atoms with E-state index in [0.29, 0.717) is 30.3 Å². The zero-order chi connectivity index (χ0) is 20.9. The fraction of sp³-hybridized carbons (Fsp3) is 0.240. The molecule has 0 radical (unpaired) electrons. The number of nitrogens with zero attached hydrogens (tertiary/aromatic N) is 1. The third kappa shape index (κ3) is 4.45. The molecule has 4 rings (SSSR count). The maximum atomic E-state index is 13.7. The maximum Gasteiger partial charge on any atom is 0.289 e. The normalized spacial score (nSPS) is 14.3. The van der Waals surface area contributed by atoms with Crippen molar-refractivity contribution in [1.29, 1.82) is 0 Å². The lowest BCUT2D eigenvalue weighted by Crippen LogP contribution is -2.47. The van der Waals surface area contributed by atoms with Crippen molar-refractivity contribution in [3.63, 3.8) is 0 Å². The standard InChI is InChI=1S/C25H23FN2O2/c26-23-7-2-1-5-20(23)8-9-22-10-11-24(30-22)25(29)28-14-12-19(13-15-28)21-6-3-4-18(16-21)17-27/h1-7,10-11,16,19H,12-15,17,27H2/p+1. The second kappa shape index (κ2) is 8.98. The number of hydrogen-bond donors (Lipinski definition) is 1. The average Bonchev–Trinajstić information content (AvgIpc) is 3.27. The topological polar surface area (TPSA) is 61.1 Å². The molecule has 152 valence electrons. The van der Waals surface area contributed by atoms with Crippen LogP contribution in [0.1, 0.15) is 51.8 Å². The molecular weight excluding hydrogens is 379 g/mol. The number of quaternary nitrogens is 1. The van der Waals surface area contributed by atoms with Crippen LogP contribution < -0.4 is 5.73 Å². The van der Waals surface area contributed by atoms with Crippen molar-refractivity contribution in [3.8, 4) is 11.8 Å². The number of hydrogen-bond acceptors (Lipinski definition) is 2. The van der Waals surface area contributed by atoms with Gasteiger partial charge in [-0.1, -0.05) is 36.3 Å². The molecule has 4 nitrogen and oxygen atoms in total. The van der Waals surface area contributed by atoms with E-state index in [1.807, 2.05) is 4.90 Å². The summed E-state index contributed by atoms with van der Waals surface area (Å²) >= 11 is 0. The van der Waals surface area contributed by atoms with Gasteiger partial charge in [-0.2, -0.15) is 0 Å². The van der Waals surface area contributed by atoms with E-state index in [-0.39, 0.29) is 17.5 Å². The minimum absolute atomic E-state index is 0.126. The molecule has 1 fully saturated rings. The summed E-state index contributed by atoms with van der Waals surface area (Å²) in [4.78, 5) is 14.6. The molecule has 0 bridgehead atoms. The lowest BCUT2D eigenvalue weighted by atomic mass is 9.88. The SMILES string of the molecule is [NH3+]Cc1cccc(C2CCN(C(=O)c3ccc(C#Cc4ccccc4F)o3)CC2)c1. The van der Waals surface area contributed by atoms with Gasteiger partial charge in [0.15, 0.2) is 11.5 Å². The second-order valence-electron chi connectivity index (χ2n) is 7.46. The van der Waals surface area contributed by atoms with Crippen LogP contribution in [-0.2, 0) is 6.54 Å². The third-order valence-corrected chi connectivity index (χ3v) is 5.50. The lowest BCUT2D eigenvalue weighted by molar-refractivity contribution is -0.386. The number of benzene rings is 2. The lowest BCUT2D eigenvalue weighted by Gasteiger charge is -2.31. The van der Waals surface area contributed by atoms with Gasteiger partial charge in [-0.15, -0.1) is 0 Å². The zero-order valence-electron chi connectivity index (χ0n) is 16.7. The Labute approximate surface area is 175 Å². The molecule has 2 heterocycles.